The fourth-order valence-corrected chi connectivity index (χ4v) is 4.49. The summed E-state index contributed by atoms with van der Waals surface area (Å²) in [7, 11) is 3.92. The fourth-order valence-electron chi connectivity index (χ4n) is 3.39. The lowest BCUT2D eigenvalue weighted by molar-refractivity contribution is -0.111. The highest BCUT2D eigenvalue weighted by atomic mass is 32.1. The number of aromatic nitrogens is 1. The van der Waals surface area contributed by atoms with Gasteiger partial charge in [0.25, 0.3) is 11.5 Å². The lowest BCUT2D eigenvalue weighted by Crippen LogP contribution is -2.32. The number of rotatable bonds is 5. The average Bonchev–Trinajstić information content (AvgIpc) is 3.16. The van der Waals surface area contributed by atoms with Gasteiger partial charge in [0, 0.05) is 25.5 Å². The van der Waals surface area contributed by atoms with Crippen LogP contribution in [0.5, 0.6) is 0 Å². The second-order valence-corrected chi connectivity index (χ2v) is 8.72. The molecule has 0 spiro atoms. The molecule has 6 nitrogen and oxygen atoms in total. The van der Waals surface area contributed by atoms with Crippen LogP contribution < -0.4 is 25.0 Å². The first-order valence-corrected chi connectivity index (χ1v) is 11.4. The van der Waals surface area contributed by atoms with Crippen molar-refractivity contribution in [1.82, 2.24) is 4.57 Å². The molecule has 0 unspecified atom stereocenters. The molecule has 34 heavy (non-hydrogen) atoms. The molecule has 0 atom stereocenters. The smallest absolute Gasteiger partial charge is 0.273 e. The lowest BCUT2D eigenvalue weighted by atomic mass is 10.2. The highest BCUT2D eigenvalue weighted by molar-refractivity contribution is 7.07. The summed E-state index contributed by atoms with van der Waals surface area (Å²) in [6.45, 7) is 0. The minimum absolute atomic E-state index is 0.127. The summed E-state index contributed by atoms with van der Waals surface area (Å²) in [5.74, 6) is -0.568. The predicted octanol–water partition coefficient (Wildman–Crippen LogP) is 3.11. The van der Waals surface area contributed by atoms with Crippen molar-refractivity contribution in [3.05, 3.63) is 110 Å². The van der Waals surface area contributed by atoms with Crippen molar-refractivity contribution in [2.45, 2.75) is 0 Å². The molecule has 1 aromatic heterocycles. The fraction of sp³-hybridized carbons (Fsp3) is 0.0741. The van der Waals surface area contributed by atoms with Gasteiger partial charge in [0.15, 0.2) is 5.57 Å². The van der Waals surface area contributed by atoms with Gasteiger partial charge in [-0.05, 0) is 48.0 Å². The molecule has 0 aliphatic rings. The summed E-state index contributed by atoms with van der Waals surface area (Å²) in [5.41, 5.74) is 2.63. The van der Waals surface area contributed by atoms with Crippen LogP contribution in [-0.2, 0) is 4.79 Å². The number of nitrogens with zero attached hydrogens (tertiary/aromatic N) is 3. The van der Waals surface area contributed by atoms with Crippen LogP contribution in [0.25, 0.3) is 17.3 Å². The maximum atomic E-state index is 13.5. The third-order valence-corrected chi connectivity index (χ3v) is 6.22. The van der Waals surface area contributed by atoms with Crippen LogP contribution in [0, 0.1) is 11.3 Å². The normalized spacial score (nSPS) is 12.1. The van der Waals surface area contributed by atoms with Gasteiger partial charge in [0.05, 0.1) is 10.2 Å². The summed E-state index contributed by atoms with van der Waals surface area (Å²) in [4.78, 5) is 28.5. The van der Waals surface area contributed by atoms with Gasteiger partial charge in [-0.2, -0.15) is 5.26 Å². The zero-order valence-electron chi connectivity index (χ0n) is 18.7. The molecule has 0 saturated heterocycles. The van der Waals surface area contributed by atoms with Gasteiger partial charge in [-0.15, -0.1) is 11.3 Å². The minimum Gasteiger partial charge on any atom is -0.378 e. The molecule has 0 radical (unpaired) electrons. The van der Waals surface area contributed by atoms with Crippen LogP contribution >= 0.6 is 11.3 Å². The number of thiazole rings is 1. The molecule has 0 aliphatic heterocycles. The topological polar surface area (TPSA) is 78.1 Å². The van der Waals surface area contributed by atoms with Crippen molar-refractivity contribution >= 4 is 40.3 Å². The standard InChI is InChI=1S/C27H22N4O2S/c1-30(2)21-15-13-19(14-16-21)17-24-26(33)31(22-11-7-4-8-12-22)27(34-24)23(18-28)25(32)29-20-9-5-3-6-10-20/h3-17H,1-2H3,(H,29,32)/b24-17-,27-23+. The van der Waals surface area contributed by atoms with Gasteiger partial charge in [0.1, 0.15) is 10.7 Å². The van der Waals surface area contributed by atoms with Gasteiger partial charge in [-0.1, -0.05) is 48.5 Å². The number of carbonyl (C=O) groups is 1. The Kier molecular flexibility index (Phi) is 6.72. The zero-order chi connectivity index (χ0) is 24.1. The summed E-state index contributed by atoms with van der Waals surface area (Å²) >= 11 is 1.12. The van der Waals surface area contributed by atoms with Gasteiger partial charge in [0.2, 0.25) is 0 Å². The number of amides is 1. The number of anilines is 2. The number of hydrogen-bond donors (Lipinski definition) is 1. The molecular weight excluding hydrogens is 444 g/mol. The van der Waals surface area contributed by atoms with Crippen molar-refractivity contribution in [1.29, 1.82) is 5.26 Å². The van der Waals surface area contributed by atoms with E-state index in [1.165, 1.54) is 4.57 Å². The molecule has 0 saturated carbocycles. The quantitative estimate of drug-likeness (QED) is 0.490. The zero-order valence-corrected chi connectivity index (χ0v) is 19.5. The highest BCUT2D eigenvalue weighted by Gasteiger charge is 2.17. The van der Waals surface area contributed by atoms with Gasteiger partial charge >= 0.3 is 0 Å². The molecule has 4 aromatic rings. The van der Waals surface area contributed by atoms with E-state index in [1.54, 1.807) is 42.5 Å². The lowest BCUT2D eigenvalue weighted by Gasteiger charge is -2.11. The largest absolute Gasteiger partial charge is 0.378 e. The Bertz CT molecular complexity index is 1530. The average molecular weight is 467 g/mol. The predicted molar refractivity (Wildman–Crippen MR) is 138 cm³/mol. The first-order chi connectivity index (χ1) is 16.5. The Hall–Kier alpha value is -4.41. The van der Waals surface area contributed by atoms with Crippen molar-refractivity contribution < 1.29 is 4.79 Å². The maximum absolute atomic E-state index is 13.5. The van der Waals surface area contributed by atoms with Crippen LogP contribution in [-0.4, -0.2) is 24.6 Å². The summed E-state index contributed by atoms with van der Waals surface area (Å²) in [5, 5.41) is 12.6. The third-order valence-electron chi connectivity index (χ3n) is 5.13. The molecule has 168 valence electrons. The van der Waals surface area contributed by atoms with Crippen LogP contribution in [0.1, 0.15) is 5.56 Å². The Labute approximate surface area is 201 Å². The van der Waals surface area contributed by atoms with Gasteiger partial charge < -0.3 is 10.2 Å². The first-order valence-electron chi connectivity index (χ1n) is 10.5. The Morgan fingerprint density at radius 3 is 2.18 bits per heavy atom. The van der Waals surface area contributed by atoms with Crippen LogP contribution in [0.3, 0.4) is 0 Å². The number of para-hydroxylation sites is 2. The number of benzene rings is 3. The molecule has 3 aromatic carbocycles. The minimum atomic E-state index is -0.568. The number of nitrogens with one attached hydrogen (secondary N) is 1. The molecule has 0 bridgehead atoms. The van der Waals surface area contributed by atoms with Crippen LogP contribution in [0.4, 0.5) is 11.4 Å². The van der Waals surface area contributed by atoms with Crippen molar-refractivity contribution in [3.63, 3.8) is 0 Å². The SMILES string of the molecule is CN(C)c1ccc(/C=c2\s/c(=C(\C#N)C(=O)Nc3ccccc3)n(-c3ccccc3)c2=O)cc1. The van der Waals surface area contributed by atoms with Crippen molar-refractivity contribution in [2.24, 2.45) is 0 Å². The Balaban J connectivity index is 1.92. The van der Waals surface area contributed by atoms with E-state index in [1.807, 2.05) is 73.6 Å². The second-order valence-electron chi connectivity index (χ2n) is 7.68. The second kappa shape index (κ2) is 10.0. The van der Waals surface area contributed by atoms with E-state index >= 15 is 0 Å². The van der Waals surface area contributed by atoms with Crippen LogP contribution in [0.2, 0.25) is 0 Å². The van der Waals surface area contributed by atoms with E-state index in [0.717, 1.165) is 22.6 Å². The molecule has 0 fully saturated rings. The molecule has 1 N–H and O–H groups in total. The van der Waals surface area contributed by atoms with Crippen molar-refractivity contribution in [3.8, 4) is 11.8 Å². The Morgan fingerprint density at radius 1 is 0.971 bits per heavy atom. The Morgan fingerprint density at radius 2 is 1.59 bits per heavy atom. The number of nitriles is 1. The highest BCUT2D eigenvalue weighted by Crippen LogP contribution is 2.13. The van der Waals surface area contributed by atoms with E-state index in [0.29, 0.717) is 15.9 Å². The maximum Gasteiger partial charge on any atom is 0.273 e. The van der Waals surface area contributed by atoms with Crippen molar-refractivity contribution in [2.75, 3.05) is 24.3 Å². The van der Waals surface area contributed by atoms with E-state index in [-0.39, 0.29) is 15.8 Å². The molecule has 1 amide bonds. The van der Waals surface area contributed by atoms with Gasteiger partial charge in [-0.25, -0.2) is 0 Å². The molecule has 0 aliphatic carbocycles. The van der Waals surface area contributed by atoms with E-state index in [9.17, 15) is 14.9 Å². The van der Waals surface area contributed by atoms with E-state index in [4.69, 9.17) is 0 Å². The number of hydrogen-bond acceptors (Lipinski definition) is 5. The summed E-state index contributed by atoms with van der Waals surface area (Å²) in [6, 6.07) is 27.7. The molecular formula is C27H22N4O2S. The first kappa shape index (κ1) is 22.8. The molecule has 4 rings (SSSR count). The van der Waals surface area contributed by atoms with E-state index < -0.39 is 5.91 Å². The van der Waals surface area contributed by atoms with E-state index in [2.05, 4.69) is 5.32 Å². The molecule has 1 heterocycles. The summed E-state index contributed by atoms with van der Waals surface area (Å²) in [6.07, 6.45) is 1.78. The monoisotopic (exact) mass is 466 g/mol. The molecule has 7 heteroatoms. The summed E-state index contributed by atoms with van der Waals surface area (Å²) < 4.78 is 2.13. The van der Waals surface area contributed by atoms with Crippen LogP contribution in [0.15, 0.2) is 89.7 Å². The van der Waals surface area contributed by atoms with Gasteiger partial charge in [-0.3, -0.25) is 14.2 Å². The number of carbonyl (C=O) groups excluding carboxylic acids is 1. The third kappa shape index (κ3) is 4.82.